The molecule has 5 nitrogen and oxygen atoms in total. The molecule has 0 saturated carbocycles. The maximum absolute atomic E-state index is 13.2. The molecule has 0 atom stereocenters. The molecule has 0 fully saturated rings. The van der Waals surface area contributed by atoms with Crippen LogP contribution in [0.1, 0.15) is 6.42 Å². The highest BCUT2D eigenvalue weighted by molar-refractivity contribution is 6.09. The van der Waals surface area contributed by atoms with Gasteiger partial charge in [0.05, 0.1) is 24.4 Å². The predicted molar refractivity (Wildman–Crippen MR) is 59.0 cm³/mol. The minimum Gasteiger partial charge on any atom is -0.396 e. The van der Waals surface area contributed by atoms with Gasteiger partial charge in [0.1, 0.15) is 6.54 Å². The normalized spacial score (nSPS) is 14.2. The van der Waals surface area contributed by atoms with Crippen molar-refractivity contribution in [1.82, 2.24) is 0 Å². The molecule has 1 aromatic carbocycles. The van der Waals surface area contributed by atoms with E-state index in [1.54, 1.807) is 0 Å². The van der Waals surface area contributed by atoms with Gasteiger partial charge in [-0.05, 0) is 0 Å². The lowest BCUT2D eigenvalue weighted by atomic mass is 10.1. The van der Waals surface area contributed by atoms with Gasteiger partial charge in [0.15, 0.2) is 11.6 Å². The van der Waals surface area contributed by atoms with Crippen molar-refractivity contribution in [3.05, 3.63) is 23.8 Å². The molecule has 0 unspecified atom stereocenters. The fourth-order valence-electron chi connectivity index (χ4n) is 1.73. The molecule has 2 rings (SSSR count). The summed E-state index contributed by atoms with van der Waals surface area (Å²) >= 11 is 0. The first-order valence-electron chi connectivity index (χ1n) is 5.23. The van der Waals surface area contributed by atoms with Crippen molar-refractivity contribution in [2.45, 2.75) is 6.42 Å². The van der Waals surface area contributed by atoms with Gasteiger partial charge >= 0.3 is 0 Å². The standard InChI is InChI=1S/C11H10F2N2O3/c12-6-3-8-9(4-7(6)13)15(5-10(17)14-8)11(18)1-2-16/h3-4,16H,1-2,5H2,(H,14,17). The summed E-state index contributed by atoms with van der Waals surface area (Å²) in [6, 6.07) is 1.67. The molecule has 0 spiro atoms. The number of hydrogen-bond acceptors (Lipinski definition) is 3. The monoisotopic (exact) mass is 256 g/mol. The van der Waals surface area contributed by atoms with Gasteiger partial charge in [0, 0.05) is 12.1 Å². The van der Waals surface area contributed by atoms with Gasteiger partial charge in [-0.1, -0.05) is 0 Å². The van der Waals surface area contributed by atoms with Crippen LogP contribution >= 0.6 is 0 Å². The highest BCUT2D eigenvalue weighted by atomic mass is 19.2. The molecule has 1 aliphatic heterocycles. The number of rotatable bonds is 2. The highest BCUT2D eigenvalue weighted by Gasteiger charge is 2.28. The van der Waals surface area contributed by atoms with Crippen LogP contribution in [0.15, 0.2) is 12.1 Å². The first kappa shape index (κ1) is 12.4. The number of halogens is 2. The molecule has 7 heteroatoms. The number of nitrogens with one attached hydrogen (secondary N) is 1. The van der Waals surface area contributed by atoms with Crippen molar-refractivity contribution < 1.29 is 23.5 Å². The third-order valence-corrected chi connectivity index (χ3v) is 2.53. The van der Waals surface area contributed by atoms with Crippen LogP contribution in [0.2, 0.25) is 0 Å². The summed E-state index contributed by atoms with van der Waals surface area (Å²) in [5.41, 5.74) is 0.128. The molecule has 0 saturated heterocycles. The Morgan fingerprint density at radius 1 is 1.39 bits per heavy atom. The van der Waals surface area contributed by atoms with Crippen molar-refractivity contribution in [3.8, 4) is 0 Å². The van der Waals surface area contributed by atoms with E-state index in [2.05, 4.69) is 5.32 Å². The third-order valence-electron chi connectivity index (χ3n) is 2.53. The van der Waals surface area contributed by atoms with Gasteiger partial charge in [0.2, 0.25) is 11.8 Å². The second kappa shape index (κ2) is 4.69. The van der Waals surface area contributed by atoms with E-state index < -0.39 is 23.4 Å². The Kier molecular flexibility index (Phi) is 3.24. The van der Waals surface area contributed by atoms with Crippen LogP contribution in [0.5, 0.6) is 0 Å². The van der Waals surface area contributed by atoms with Crippen LogP contribution < -0.4 is 10.2 Å². The SMILES string of the molecule is O=C1CN(C(=O)CCO)c2cc(F)c(F)cc2N1. The molecule has 96 valence electrons. The van der Waals surface area contributed by atoms with E-state index in [0.717, 1.165) is 17.0 Å². The van der Waals surface area contributed by atoms with Crippen molar-refractivity contribution in [2.75, 3.05) is 23.4 Å². The molecule has 1 heterocycles. The Balaban J connectivity index is 2.44. The lowest BCUT2D eigenvalue weighted by Gasteiger charge is -2.29. The van der Waals surface area contributed by atoms with E-state index in [-0.39, 0.29) is 30.9 Å². The summed E-state index contributed by atoms with van der Waals surface area (Å²) in [5, 5.41) is 11.1. The maximum Gasteiger partial charge on any atom is 0.244 e. The molecular formula is C11H10F2N2O3. The third kappa shape index (κ3) is 2.17. The summed E-state index contributed by atoms with van der Waals surface area (Å²) < 4.78 is 26.2. The number of carbonyl (C=O) groups excluding carboxylic acids is 2. The number of carbonyl (C=O) groups is 2. The molecule has 2 amide bonds. The first-order valence-corrected chi connectivity index (χ1v) is 5.23. The summed E-state index contributed by atoms with van der Waals surface area (Å²) in [5.74, 6) is -3.24. The van der Waals surface area contributed by atoms with E-state index >= 15 is 0 Å². The van der Waals surface area contributed by atoms with Gasteiger partial charge in [-0.2, -0.15) is 0 Å². The Morgan fingerprint density at radius 2 is 2.06 bits per heavy atom. The Morgan fingerprint density at radius 3 is 2.72 bits per heavy atom. The molecular weight excluding hydrogens is 246 g/mol. The second-order valence-electron chi connectivity index (χ2n) is 3.79. The highest BCUT2D eigenvalue weighted by Crippen LogP contribution is 2.31. The van der Waals surface area contributed by atoms with Gasteiger partial charge in [-0.3, -0.25) is 9.59 Å². The largest absolute Gasteiger partial charge is 0.396 e. The fraction of sp³-hybridized carbons (Fsp3) is 0.273. The van der Waals surface area contributed by atoms with Crippen molar-refractivity contribution in [2.24, 2.45) is 0 Å². The van der Waals surface area contributed by atoms with Crippen LogP contribution in [0.4, 0.5) is 20.2 Å². The van der Waals surface area contributed by atoms with Crippen molar-refractivity contribution in [3.63, 3.8) is 0 Å². The van der Waals surface area contributed by atoms with Crippen LogP contribution in [-0.4, -0.2) is 30.1 Å². The number of hydrogen-bond donors (Lipinski definition) is 2. The Bertz CT molecular complexity index is 519. The average Bonchev–Trinajstić information content (AvgIpc) is 2.30. The number of anilines is 2. The van der Waals surface area contributed by atoms with Gasteiger partial charge < -0.3 is 15.3 Å². The Labute approximate surface area is 101 Å². The van der Waals surface area contributed by atoms with Crippen LogP contribution in [-0.2, 0) is 9.59 Å². The van der Waals surface area contributed by atoms with Gasteiger partial charge in [-0.25, -0.2) is 8.78 Å². The van der Waals surface area contributed by atoms with Crippen molar-refractivity contribution in [1.29, 1.82) is 0 Å². The summed E-state index contributed by atoms with van der Waals surface area (Å²) in [4.78, 5) is 24.1. The maximum atomic E-state index is 13.2. The molecule has 0 aliphatic carbocycles. The molecule has 0 bridgehead atoms. The van der Waals surface area contributed by atoms with E-state index in [1.165, 1.54) is 0 Å². The number of amides is 2. The molecule has 18 heavy (non-hydrogen) atoms. The average molecular weight is 256 g/mol. The zero-order chi connectivity index (χ0) is 13.3. The van der Waals surface area contributed by atoms with Gasteiger partial charge in [0.25, 0.3) is 0 Å². The minimum atomic E-state index is -1.11. The summed E-state index contributed by atoms with van der Waals surface area (Å²) in [6.45, 7) is -0.660. The van der Waals surface area contributed by atoms with Crippen molar-refractivity contribution >= 4 is 23.2 Å². The van der Waals surface area contributed by atoms with Gasteiger partial charge in [-0.15, -0.1) is 0 Å². The number of aliphatic hydroxyl groups excluding tert-OH is 1. The van der Waals surface area contributed by atoms with E-state index in [4.69, 9.17) is 5.11 Å². The molecule has 2 N–H and O–H groups in total. The van der Waals surface area contributed by atoms with E-state index in [0.29, 0.717) is 0 Å². The zero-order valence-electron chi connectivity index (χ0n) is 9.24. The second-order valence-corrected chi connectivity index (χ2v) is 3.79. The molecule has 0 radical (unpaired) electrons. The first-order chi connectivity index (χ1) is 8.52. The number of benzene rings is 1. The number of fused-ring (bicyclic) bond motifs is 1. The summed E-state index contributed by atoms with van der Waals surface area (Å²) in [6.07, 6.45) is -0.189. The fourth-order valence-corrected chi connectivity index (χ4v) is 1.73. The van der Waals surface area contributed by atoms with Crippen LogP contribution in [0.3, 0.4) is 0 Å². The van der Waals surface area contributed by atoms with E-state index in [9.17, 15) is 18.4 Å². The number of nitrogens with zero attached hydrogens (tertiary/aromatic N) is 1. The predicted octanol–water partition coefficient (Wildman–Crippen LogP) is 0.632. The molecule has 1 aliphatic rings. The summed E-state index contributed by atoms with van der Waals surface area (Å²) in [7, 11) is 0. The topological polar surface area (TPSA) is 69.6 Å². The zero-order valence-corrected chi connectivity index (χ0v) is 9.24. The Hall–Kier alpha value is -2.02. The lowest BCUT2D eigenvalue weighted by molar-refractivity contribution is -0.122. The molecule has 1 aromatic rings. The lowest BCUT2D eigenvalue weighted by Crippen LogP contribution is -2.42. The van der Waals surface area contributed by atoms with Crippen LogP contribution in [0.25, 0.3) is 0 Å². The quantitative estimate of drug-likeness (QED) is 0.815. The smallest absolute Gasteiger partial charge is 0.244 e. The minimum absolute atomic E-state index is 0.0384. The molecule has 0 aromatic heterocycles. The van der Waals surface area contributed by atoms with E-state index in [1.807, 2.05) is 0 Å². The van der Waals surface area contributed by atoms with Crippen LogP contribution in [0, 0.1) is 11.6 Å². The number of aliphatic hydroxyl groups is 1.